The molecule has 0 aliphatic carbocycles. The fraction of sp³-hybridized carbons (Fsp3) is 0.136. The number of aryl methyl sites for hydroxylation is 2. The van der Waals surface area contributed by atoms with Crippen molar-refractivity contribution in [2.75, 3.05) is 5.32 Å². The number of carbonyl (C=O) groups excluding carboxylic acids is 1. The maximum absolute atomic E-state index is 12.9. The van der Waals surface area contributed by atoms with Crippen molar-refractivity contribution in [2.45, 2.75) is 20.4 Å². The Labute approximate surface area is 162 Å². The van der Waals surface area contributed by atoms with Crippen molar-refractivity contribution in [1.29, 1.82) is 0 Å². The van der Waals surface area contributed by atoms with Crippen molar-refractivity contribution < 1.29 is 4.79 Å². The van der Waals surface area contributed by atoms with Crippen LogP contribution in [0.5, 0.6) is 0 Å². The van der Waals surface area contributed by atoms with Crippen LogP contribution >= 0.6 is 0 Å². The fourth-order valence-electron chi connectivity index (χ4n) is 3.22. The van der Waals surface area contributed by atoms with Gasteiger partial charge in [-0.25, -0.2) is 9.67 Å². The number of anilines is 1. The van der Waals surface area contributed by atoms with Gasteiger partial charge in [-0.05, 0) is 61.4 Å². The van der Waals surface area contributed by atoms with Crippen LogP contribution in [0.25, 0.3) is 16.7 Å². The first kappa shape index (κ1) is 17.7. The summed E-state index contributed by atoms with van der Waals surface area (Å²) in [5.74, 6) is -0.226. The summed E-state index contributed by atoms with van der Waals surface area (Å²) in [6, 6.07) is 18.5. The van der Waals surface area contributed by atoms with Crippen molar-refractivity contribution in [2.24, 2.45) is 0 Å². The Morgan fingerprint density at radius 2 is 1.79 bits per heavy atom. The quantitative estimate of drug-likeness (QED) is 0.597. The van der Waals surface area contributed by atoms with Crippen LogP contribution < -0.4 is 10.9 Å². The molecule has 0 saturated carbocycles. The van der Waals surface area contributed by atoms with Gasteiger partial charge in [0.05, 0.1) is 11.1 Å². The molecule has 2 aromatic carbocycles. The monoisotopic (exact) mass is 372 g/mol. The summed E-state index contributed by atoms with van der Waals surface area (Å²) in [6.07, 6.45) is 1.62. The number of benzene rings is 2. The number of hydrogen-bond donors (Lipinski definition) is 1. The first-order chi connectivity index (χ1) is 13.5. The molecule has 0 radical (unpaired) electrons. The van der Waals surface area contributed by atoms with E-state index in [9.17, 15) is 9.59 Å². The molecule has 6 heteroatoms. The van der Waals surface area contributed by atoms with Crippen LogP contribution in [0.15, 0.2) is 71.7 Å². The Morgan fingerprint density at radius 1 is 1.00 bits per heavy atom. The number of nitrogens with zero attached hydrogens (tertiary/aromatic N) is 3. The van der Waals surface area contributed by atoms with E-state index in [1.54, 1.807) is 23.0 Å². The zero-order chi connectivity index (χ0) is 19.7. The third-order valence-corrected chi connectivity index (χ3v) is 4.78. The minimum Gasteiger partial charge on any atom is -0.324 e. The van der Waals surface area contributed by atoms with E-state index in [0.29, 0.717) is 16.7 Å². The predicted molar refractivity (Wildman–Crippen MR) is 110 cm³/mol. The number of hydrogen-bond acceptors (Lipinski definition) is 3. The van der Waals surface area contributed by atoms with E-state index >= 15 is 0 Å². The molecule has 2 heterocycles. The van der Waals surface area contributed by atoms with Gasteiger partial charge in [-0.3, -0.25) is 14.3 Å². The first-order valence-electron chi connectivity index (χ1n) is 9.03. The third kappa shape index (κ3) is 3.20. The Morgan fingerprint density at radius 3 is 2.54 bits per heavy atom. The highest BCUT2D eigenvalue weighted by Crippen LogP contribution is 2.16. The highest BCUT2D eigenvalue weighted by molar-refractivity contribution is 5.91. The van der Waals surface area contributed by atoms with Gasteiger partial charge in [0.25, 0.3) is 5.56 Å². The van der Waals surface area contributed by atoms with Gasteiger partial charge in [-0.1, -0.05) is 24.3 Å². The molecule has 6 nitrogen and oxygen atoms in total. The van der Waals surface area contributed by atoms with Gasteiger partial charge >= 0.3 is 0 Å². The average Bonchev–Trinajstić information content (AvgIpc) is 2.97. The van der Waals surface area contributed by atoms with Crippen LogP contribution in [0.2, 0.25) is 0 Å². The predicted octanol–water partition coefficient (Wildman–Crippen LogP) is 3.44. The van der Waals surface area contributed by atoms with Crippen LogP contribution in [0.1, 0.15) is 11.1 Å². The number of aromatic nitrogens is 3. The molecule has 0 spiro atoms. The molecule has 4 rings (SSSR count). The zero-order valence-electron chi connectivity index (χ0n) is 15.7. The lowest BCUT2D eigenvalue weighted by molar-refractivity contribution is -0.116. The highest BCUT2D eigenvalue weighted by Gasteiger charge is 2.17. The molecular formula is C22H20N4O2. The molecule has 0 aliphatic heterocycles. The van der Waals surface area contributed by atoms with Gasteiger partial charge in [-0.2, -0.15) is 0 Å². The SMILES string of the molecule is Cc1ccc(NC(=O)Cn2c3ncccc3c(=O)n2-c2ccccc2)cc1C. The Hall–Kier alpha value is -3.67. The second-order valence-electron chi connectivity index (χ2n) is 6.73. The van der Waals surface area contributed by atoms with E-state index in [4.69, 9.17) is 0 Å². The van der Waals surface area contributed by atoms with Crippen molar-refractivity contribution >= 4 is 22.6 Å². The van der Waals surface area contributed by atoms with Crippen molar-refractivity contribution in [3.63, 3.8) is 0 Å². The van der Waals surface area contributed by atoms with Gasteiger partial charge in [0.15, 0.2) is 5.65 Å². The van der Waals surface area contributed by atoms with E-state index in [1.165, 1.54) is 4.68 Å². The van der Waals surface area contributed by atoms with Gasteiger partial charge in [0.1, 0.15) is 6.54 Å². The van der Waals surface area contributed by atoms with E-state index in [-0.39, 0.29) is 18.0 Å². The molecule has 2 aromatic heterocycles. The molecule has 140 valence electrons. The Bertz CT molecular complexity index is 1220. The lowest BCUT2D eigenvalue weighted by Crippen LogP contribution is -2.27. The van der Waals surface area contributed by atoms with Crippen LogP contribution in [0.4, 0.5) is 5.69 Å². The molecule has 0 atom stereocenters. The molecular weight excluding hydrogens is 352 g/mol. The summed E-state index contributed by atoms with van der Waals surface area (Å²) in [7, 11) is 0. The number of para-hydroxylation sites is 1. The third-order valence-electron chi connectivity index (χ3n) is 4.78. The topological polar surface area (TPSA) is 68.9 Å². The largest absolute Gasteiger partial charge is 0.324 e. The summed E-state index contributed by atoms with van der Waals surface area (Å²) in [5.41, 5.74) is 3.96. The standard InChI is InChI=1S/C22H20N4O2/c1-15-10-11-17(13-16(15)2)24-20(27)14-25-21-19(9-6-12-23-21)22(28)26(25)18-7-4-3-5-8-18/h3-13H,14H2,1-2H3,(H,24,27). The van der Waals surface area contributed by atoms with Crippen LogP contribution in [0, 0.1) is 13.8 Å². The van der Waals surface area contributed by atoms with Crippen molar-refractivity contribution in [3.05, 3.63) is 88.3 Å². The maximum Gasteiger partial charge on any atom is 0.280 e. The summed E-state index contributed by atoms with van der Waals surface area (Å²) >= 11 is 0. The number of amides is 1. The zero-order valence-corrected chi connectivity index (χ0v) is 15.7. The fourth-order valence-corrected chi connectivity index (χ4v) is 3.22. The molecule has 4 aromatic rings. The molecule has 0 bridgehead atoms. The van der Waals surface area contributed by atoms with Gasteiger partial charge in [0.2, 0.25) is 5.91 Å². The van der Waals surface area contributed by atoms with Crippen LogP contribution in [-0.2, 0) is 11.3 Å². The molecule has 0 aliphatic rings. The molecule has 0 saturated heterocycles. The van der Waals surface area contributed by atoms with Gasteiger partial charge in [0, 0.05) is 11.9 Å². The lowest BCUT2D eigenvalue weighted by atomic mass is 10.1. The normalized spacial score (nSPS) is 10.9. The number of rotatable bonds is 4. The molecule has 0 fully saturated rings. The summed E-state index contributed by atoms with van der Waals surface area (Å²) in [4.78, 5) is 30.0. The van der Waals surface area contributed by atoms with E-state index in [0.717, 1.165) is 16.8 Å². The second kappa shape index (κ2) is 7.15. The number of pyridine rings is 1. The van der Waals surface area contributed by atoms with Crippen molar-refractivity contribution in [1.82, 2.24) is 14.3 Å². The summed E-state index contributed by atoms with van der Waals surface area (Å²) < 4.78 is 3.11. The van der Waals surface area contributed by atoms with Gasteiger partial charge in [-0.15, -0.1) is 0 Å². The van der Waals surface area contributed by atoms with Crippen LogP contribution in [0.3, 0.4) is 0 Å². The maximum atomic E-state index is 12.9. The summed E-state index contributed by atoms with van der Waals surface area (Å²) in [6.45, 7) is 4.00. The summed E-state index contributed by atoms with van der Waals surface area (Å²) in [5, 5.41) is 3.39. The Kier molecular flexibility index (Phi) is 4.53. The lowest BCUT2D eigenvalue weighted by Gasteiger charge is -2.13. The molecule has 1 amide bonds. The highest BCUT2D eigenvalue weighted by atomic mass is 16.2. The van der Waals surface area contributed by atoms with Crippen molar-refractivity contribution in [3.8, 4) is 5.69 Å². The second-order valence-corrected chi connectivity index (χ2v) is 6.73. The van der Waals surface area contributed by atoms with E-state index in [1.807, 2.05) is 62.4 Å². The van der Waals surface area contributed by atoms with E-state index in [2.05, 4.69) is 10.3 Å². The number of nitrogens with one attached hydrogen (secondary N) is 1. The number of fused-ring (bicyclic) bond motifs is 1. The smallest absolute Gasteiger partial charge is 0.280 e. The molecule has 0 unspecified atom stereocenters. The Balaban J connectivity index is 1.74. The van der Waals surface area contributed by atoms with E-state index < -0.39 is 0 Å². The van der Waals surface area contributed by atoms with Gasteiger partial charge < -0.3 is 5.32 Å². The molecule has 28 heavy (non-hydrogen) atoms. The number of carbonyl (C=O) groups is 1. The molecule has 1 N–H and O–H groups in total. The minimum absolute atomic E-state index is 0.0302. The first-order valence-corrected chi connectivity index (χ1v) is 9.03. The van der Waals surface area contributed by atoms with Crippen LogP contribution in [-0.4, -0.2) is 20.3 Å². The average molecular weight is 372 g/mol. The minimum atomic E-state index is -0.226.